The summed E-state index contributed by atoms with van der Waals surface area (Å²) < 4.78 is 5.62. The van der Waals surface area contributed by atoms with Gasteiger partial charge in [0.1, 0.15) is 5.82 Å². The molecule has 0 aliphatic carbocycles. The lowest BCUT2D eigenvalue weighted by atomic mass is 10.1. The van der Waals surface area contributed by atoms with Crippen LogP contribution in [0.1, 0.15) is 30.9 Å². The first-order chi connectivity index (χ1) is 7.85. The van der Waals surface area contributed by atoms with Gasteiger partial charge in [-0.2, -0.15) is 4.98 Å². The summed E-state index contributed by atoms with van der Waals surface area (Å²) in [5, 5.41) is 3.38. The summed E-state index contributed by atoms with van der Waals surface area (Å²) in [5.74, 6) is 1.69. The minimum Gasteiger partial charge on any atom is -0.478 e. The average Bonchev–Trinajstić information content (AvgIpc) is 2.54. The largest absolute Gasteiger partial charge is 0.478 e. The van der Waals surface area contributed by atoms with Crippen LogP contribution in [0.4, 0.5) is 0 Å². The standard InChI is InChI=1S/C12H19N3O/c1-3-11-14-10-6-8-13-7-5-9(10)12(15-11)16-4-2/h13H,3-8H2,1-2H3. The van der Waals surface area contributed by atoms with Crippen molar-refractivity contribution in [3.05, 3.63) is 17.1 Å². The molecule has 1 N–H and O–H groups in total. The summed E-state index contributed by atoms with van der Waals surface area (Å²) in [6, 6.07) is 0. The van der Waals surface area contributed by atoms with Crippen molar-refractivity contribution < 1.29 is 4.74 Å². The van der Waals surface area contributed by atoms with Crippen LogP contribution in [0, 0.1) is 0 Å². The Balaban J connectivity index is 2.40. The van der Waals surface area contributed by atoms with Gasteiger partial charge in [0.25, 0.3) is 0 Å². The first-order valence-electron chi connectivity index (χ1n) is 6.07. The second kappa shape index (κ2) is 5.25. The third-order valence-electron chi connectivity index (χ3n) is 2.79. The molecule has 0 atom stereocenters. The second-order valence-electron chi connectivity index (χ2n) is 3.91. The Hall–Kier alpha value is -1.16. The summed E-state index contributed by atoms with van der Waals surface area (Å²) in [5.41, 5.74) is 2.37. The Bertz CT molecular complexity index is 366. The van der Waals surface area contributed by atoms with E-state index in [9.17, 15) is 0 Å². The third-order valence-corrected chi connectivity index (χ3v) is 2.79. The molecule has 0 aromatic carbocycles. The Labute approximate surface area is 96.4 Å². The molecule has 0 bridgehead atoms. The summed E-state index contributed by atoms with van der Waals surface area (Å²) in [7, 11) is 0. The van der Waals surface area contributed by atoms with Gasteiger partial charge in [0, 0.05) is 24.9 Å². The number of nitrogens with zero attached hydrogens (tertiary/aromatic N) is 2. The Morgan fingerprint density at radius 1 is 1.19 bits per heavy atom. The molecule has 0 radical (unpaired) electrons. The molecule has 88 valence electrons. The van der Waals surface area contributed by atoms with Gasteiger partial charge in [-0.05, 0) is 19.9 Å². The zero-order valence-electron chi connectivity index (χ0n) is 10.0. The van der Waals surface area contributed by atoms with Gasteiger partial charge in [0.2, 0.25) is 5.88 Å². The summed E-state index contributed by atoms with van der Waals surface area (Å²) in [4.78, 5) is 9.08. The van der Waals surface area contributed by atoms with Crippen molar-refractivity contribution >= 4 is 0 Å². The molecule has 0 unspecified atom stereocenters. The zero-order chi connectivity index (χ0) is 11.4. The molecule has 1 aliphatic heterocycles. The van der Waals surface area contributed by atoms with Crippen LogP contribution in [-0.2, 0) is 19.3 Å². The van der Waals surface area contributed by atoms with Crippen molar-refractivity contribution in [2.24, 2.45) is 0 Å². The molecule has 4 heteroatoms. The Kier molecular flexibility index (Phi) is 3.72. The first kappa shape index (κ1) is 11.3. The average molecular weight is 221 g/mol. The molecule has 2 rings (SSSR count). The van der Waals surface area contributed by atoms with Crippen LogP contribution in [0.2, 0.25) is 0 Å². The summed E-state index contributed by atoms with van der Waals surface area (Å²) in [6.45, 7) is 6.72. The zero-order valence-corrected chi connectivity index (χ0v) is 10.0. The molecule has 0 saturated carbocycles. The molecule has 2 heterocycles. The maximum Gasteiger partial charge on any atom is 0.220 e. The van der Waals surface area contributed by atoms with Crippen molar-refractivity contribution in [3.63, 3.8) is 0 Å². The molecule has 1 aliphatic rings. The van der Waals surface area contributed by atoms with E-state index in [1.165, 1.54) is 11.3 Å². The molecule has 16 heavy (non-hydrogen) atoms. The maximum absolute atomic E-state index is 5.62. The minimum absolute atomic E-state index is 0.667. The molecule has 0 saturated heterocycles. The molecule has 1 aromatic rings. The normalized spacial score (nSPS) is 15.4. The van der Waals surface area contributed by atoms with Crippen LogP contribution in [0.25, 0.3) is 0 Å². The predicted octanol–water partition coefficient (Wildman–Crippen LogP) is 1.13. The van der Waals surface area contributed by atoms with E-state index < -0.39 is 0 Å². The molecular formula is C12H19N3O. The monoisotopic (exact) mass is 221 g/mol. The molecule has 0 spiro atoms. The van der Waals surface area contributed by atoms with Crippen molar-refractivity contribution in [3.8, 4) is 5.88 Å². The van der Waals surface area contributed by atoms with Crippen molar-refractivity contribution in [2.75, 3.05) is 19.7 Å². The lowest BCUT2D eigenvalue weighted by Gasteiger charge is -2.12. The second-order valence-corrected chi connectivity index (χ2v) is 3.91. The first-order valence-corrected chi connectivity index (χ1v) is 6.07. The fraction of sp³-hybridized carbons (Fsp3) is 0.667. The Morgan fingerprint density at radius 3 is 2.75 bits per heavy atom. The van der Waals surface area contributed by atoms with Crippen LogP contribution >= 0.6 is 0 Å². The molecular weight excluding hydrogens is 202 g/mol. The lowest BCUT2D eigenvalue weighted by Crippen LogP contribution is -2.16. The highest BCUT2D eigenvalue weighted by molar-refractivity contribution is 5.32. The highest BCUT2D eigenvalue weighted by Crippen LogP contribution is 2.21. The number of fused-ring (bicyclic) bond motifs is 1. The van der Waals surface area contributed by atoms with Crippen molar-refractivity contribution in [1.29, 1.82) is 0 Å². The van der Waals surface area contributed by atoms with Gasteiger partial charge in [-0.15, -0.1) is 0 Å². The smallest absolute Gasteiger partial charge is 0.220 e. The van der Waals surface area contributed by atoms with Gasteiger partial charge in [-0.1, -0.05) is 6.92 Å². The highest BCUT2D eigenvalue weighted by atomic mass is 16.5. The van der Waals surface area contributed by atoms with Gasteiger partial charge >= 0.3 is 0 Å². The van der Waals surface area contributed by atoms with E-state index in [0.717, 1.165) is 44.1 Å². The van der Waals surface area contributed by atoms with Crippen LogP contribution in [-0.4, -0.2) is 29.7 Å². The fourth-order valence-electron chi connectivity index (χ4n) is 1.97. The van der Waals surface area contributed by atoms with Crippen LogP contribution in [0.3, 0.4) is 0 Å². The van der Waals surface area contributed by atoms with E-state index in [4.69, 9.17) is 4.74 Å². The van der Waals surface area contributed by atoms with E-state index in [1.54, 1.807) is 0 Å². The number of hydrogen-bond acceptors (Lipinski definition) is 4. The van der Waals surface area contributed by atoms with Gasteiger partial charge in [-0.3, -0.25) is 0 Å². The molecule has 0 fully saturated rings. The van der Waals surface area contributed by atoms with E-state index in [0.29, 0.717) is 6.61 Å². The highest BCUT2D eigenvalue weighted by Gasteiger charge is 2.16. The molecule has 1 aromatic heterocycles. The van der Waals surface area contributed by atoms with Gasteiger partial charge in [-0.25, -0.2) is 4.98 Å². The number of nitrogens with one attached hydrogen (secondary N) is 1. The quantitative estimate of drug-likeness (QED) is 0.831. The SMILES string of the molecule is CCOc1nc(CC)nc2c1CCNCC2. The van der Waals surface area contributed by atoms with Gasteiger partial charge < -0.3 is 10.1 Å². The molecule has 4 nitrogen and oxygen atoms in total. The lowest BCUT2D eigenvalue weighted by molar-refractivity contribution is 0.320. The van der Waals surface area contributed by atoms with E-state index in [-0.39, 0.29) is 0 Å². The number of aromatic nitrogens is 2. The molecule has 0 amide bonds. The van der Waals surface area contributed by atoms with Gasteiger partial charge in [0.15, 0.2) is 0 Å². The van der Waals surface area contributed by atoms with E-state index in [2.05, 4.69) is 22.2 Å². The minimum atomic E-state index is 0.667. The van der Waals surface area contributed by atoms with Crippen LogP contribution in [0.5, 0.6) is 5.88 Å². The topological polar surface area (TPSA) is 47.0 Å². The van der Waals surface area contributed by atoms with E-state index in [1.807, 2.05) is 6.92 Å². The fourth-order valence-corrected chi connectivity index (χ4v) is 1.97. The number of rotatable bonds is 3. The van der Waals surface area contributed by atoms with Gasteiger partial charge in [0.05, 0.1) is 12.3 Å². The predicted molar refractivity (Wildman–Crippen MR) is 62.9 cm³/mol. The maximum atomic E-state index is 5.62. The van der Waals surface area contributed by atoms with Crippen molar-refractivity contribution in [1.82, 2.24) is 15.3 Å². The number of hydrogen-bond donors (Lipinski definition) is 1. The van der Waals surface area contributed by atoms with Crippen LogP contribution < -0.4 is 10.1 Å². The third kappa shape index (κ3) is 2.32. The summed E-state index contributed by atoms with van der Waals surface area (Å²) >= 11 is 0. The van der Waals surface area contributed by atoms with Crippen molar-refractivity contribution in [2.45, 2.75) is 33.1 Å². The number of aryl methyl sites for hydroxylation is 1. The van der Waals surface area contributed by atoms with E-state index >= 15 is 0 Å². The summed E-state index contributed by atoms with van der Waals surface area (Å²) in [6.07, 6.45) is 2.81. The van der Waals surface area contributed by atoms with Crippen LogP contribution in [0.15, 0.2) is 0 Å². The number of ether oxygens (including phenoxy) is 1. The Morgan fingerprint density at radius 2 is 2.00 bits per heavy atom.